The van der Waals surface area contributed by atoms with Gasteiger partial charge in [0.15, 0.2) is 0 Å². The summed E-state index contributed by atoms with van der Waals surface area (Å²) in [6.07, 6.45) is 0.160. The number of carboxylic acids is 3. The molecule has 12 nitrogen and oxygen atoms in total. The molecule has 1 fully saturated rings. The molecule has 0 aromatic rings. The number of rotatable bonds is 12. The van der Waals surface area contributed by atoms with Crippen LogP contribution in [-0.4, -0.2) is 132 Å². The van der Waals surface area contributed by atoms with Crippen molar-refractivity contribution in [3.05, 3.63) is 0 Å². The van der Waals surface area contributed by atoms with Crippen LogP contribution in [0.1, 0.15) is 12.8 Å². The zero-order valence-corrected chi connectivity index (χ0v) is 17.4. The Hall–Kier alpha value is -2.28. The van der Waals surface area contributed by atoms with Crippen molar-refractivity contribution in [2.24, 2.45) is 0 Å². The van der Waals surface area contributed by atoms with Gasteiger partial charge >= 0.3 is 17.9 Å². The highest BCUT2D eigenvalue weighted by Crippen LogP contribution is 2.11. The molecule has 1 heterocycles. The van der Waals surface area contributed by atoms with Crippen LogP contribution >= 0.6 is 0 Å². The van der Waals surface area contributed by atoms with Gasteiger partial charge in [-0.05, 0) is 13.5 Å². The van der Waals surface area contributed by atoms with Crippen LogP contribution < -0.4 is 10.6 Å². The molecule has 0 aromatic carbocycles. The SMILES string of the molecule is CNCCNC(=O)CCC(C(=O)O)N1CCN(CC(=O)O)CCN(CC(=O)O)CC1. The zero-order valence-electron chi connectivity index (χ0n) is 17.4. The minimum Gasteiger partial charge on any atom is -0.480 e. The maximum absolute atomic E-state index is 12.0. The number of amides is 1. The minimum absolute atomic E-state index is 0.0505. The molecule has 12 heteroatoms. The second-order valence-corrected chi connectivity index (χ2v) is 7.22. The van der Waals surface area contributed by atoms with Crippen LogP contribution in [0, 0.1) is 0 Å². The summed E-state index contributed by atoms with van der Waals surface area (Å²) in [5, 5.41) is 33.5. The van der Waals surface area contributed by atoms with Crippen LogP contribution in [0.25, 0.3) is 0 Å². The van der Waals surface area contributed by atoms with Crippen LogP contribution in [0.2, 0.25) is 0 Å². The average Bonchev–Trinajstić information content (AvgIpc) is 2.73. The topological polar surface area (TPSA) is 163 Å². The smallest absolute Gasteiger partial charge is 0.320 e. The normalized spacial score (nSPS) is 18.0. The van der Waals surface area contributed by atoms with E-state index in [1.165, 1.54) is 0 Å². The van der Waals surface area contributed by atoms with Crippen molar-refractivity contribution in [3.8, 4) is 0 Å². The monoisotopic (exact) mass is 431 g/mol. The Morgan fingerprint density at radius 2 is 1.33 bits per heavy atom. The van der Waals surface area contributed by atoms with Gasteiger partial charge in [0.25, 0.3) is 0 Å². The average molecular weight is 431 g/mol. The maximum atomic E-state index is 12.0. The third-order valence-corrected chi connectivity index (χ3v) is 4.92. The van der Waals surface area contributed by atoms with E-state index in [9.17, 15) is 24.3 Å². The fraction of sp³-hybridized carbons (Fsp3) is 0.778. The number of nitrogens with one attached hydrogen (secondary N) is 2. The summed E-state index contributed by atoms with van der Waals surface area (Å²) in [5.41, 5.74) is 0. The van der Waals surface area contributed by atoms with Gasteiger partial charge in [0.05, 0.1) is 13.1 Å². The van der Waals surface area contributed by atoms with Gasteiger partial charge in [-0.3, -0.25) is 33.9 Å². The molecule has 1 unspecified atom stereocenters. The van der Waals surface area contributed by atoms with Crippen LogP contribution in [0.4, 0.5) is 0 Å². The number of likely N-dealkylation sites (N-methyl/N-ethyl adjacent to an activating group) is 1. The number of hydrogen-bond acceptors (Lipinski definition) is 8. The number of carbonyl (C=O) groups excluding carboxylic acids is 1. The Kier molecular flexibility index (Phi) is 11.9. The Bertz CT molecular complexity index is 561. The van der Waals surface area contributed by atoms with Gasteiger partial charge in [-0.15, -0.1) is 0 Å². The summed E-state index contributed by atoms with van der Waals surface area (Å²) in [5.74, 6) is -3.30. The van der Waals surface area contributed by atoms with Gasteiger partial charge < -0.3 is 26.0 Å². The number of hydrogen-bond donors (Lipinski definition) is 5. The summed E-state index contributed by atoms with van der Waals surface area (Å²) < 4.78 is 0. The molecule has 0 bridgehead atoms. The third-order valence-electron chi connectivity index (χ3n) is 4.92. The van der Waals surface area contributed by atoms with E-state index in [4.69, 9.17) is 10.2 Å². The molecule has 1 saturated heterocycles. The Morgan fingerprint density at radius 1 is 0.833 bits per heavy atom. The molecule has 0 saturated carbocycles. The molecule has 1 amide bonds. The van der Waals surface area contributed by atoms with Gasteiger partial charge in [-0.1, -0.05) is 0 Å². The maximum Gasteiger partial charge on any atom is 0.320 e. The molecule has 1 rings (SSSR count). The Balaban J connectivity index is 2.81. The van der Waals surface area contributed by atoms with E-state index in [0.29, 0.717) is 52.4 Å². The molecular formula is C18H33N5O7. The standard InChI is InChI=1S/C18H33N5O7/c1-19-4-5-20-15(24)3-2-14(18(29)30)23-10-8-21(12-16(25)26)6-7-22(9-11-23)13-17(27)28/h14,19H,2-13H2,1H3,(H,20,24)(H,25,26)(H,27,28)(H,29,30). The van der Waals surface area contributed by atoms with E-state index in [0.717, 1.165) is 0 Å². The molecule has 1 aliphatic rings. The fourth-order valence-corrected chi connectivity index (χ4v) is 3.31. The number of nitrogens with zero attached hydrogens (tertiary/aromatic N) is 3. The van der Waals surface area contributed by atoms with E-state index in [1.54, 1.807) is 21.7 Å². The van der Waals surface area contributed by atoms with E-state index < -0.39 is 23.9 Å². The molecular weight excluding hydrogens is 398 g/mol. The summed E-state index contributed by atoms with van der Waals surface area (Å²) in [7, 11) is 1.76. The first kappa shape index (κ1) is 25.8. The van der Waals surface area contributed by atoms with Crippen molar-refractivity contribution in [1.82, 2.24) is 25.3 Å². The van der Waals surface area contributed by atoms with Gasteiger partial charge in [-0.2, -0.15) is 0 Å². The predicted octanol–water partition coefficient (Wildman–Crippen LogP) is -2.36. The first-order valence-electron chi connectivity index (χ1n) is 9.99. The van der Waals surface area contributed by atoms with Crippen molar-refractivity contribution in [1.29, 1.82) is 0 Å². The molecule has 0 spiro atoms. The first-order valence-corrected chi connectivity index (χ1v) is 9.99. The molecule has 1 aliphatic heterocycles. The van der Waals surface area contributed by atoms with Gasteiger partial charge in [0.2, 0.25) is 5.91 Å². The highest BCUT2D eigenvalue weighted by Gasteiger charge is 2.28. The summed E-state index contributed by atoms with van der Waals surface area (Å²) >= 11 is 0. The van der Waals surface area contributed by atoms with E-state index >= 15 is 0 Å². The van der Waals surface area contributed by atoms with Crippen molar-refractivity contribution in [3.63, 3.8) is 0 Å². The van der Waals surface area contributed by atoms with Crippen molar-refractivity contribution < 1.29 is 34.5 Å². The fourth-order valence-electron chi connectivity index (χ4n) is 3.31. The quantitative estimate of drug-likeness (QED) is 0.210. The molecule has 5 N–H and O–H groups in total. The first-order chi connectivity index (χ1) is 14.2. The van der Waals surface area contributed by atoms with E-state index in [-0.39, 0.29) is 31.8 Å². The van der Waals surface area contributed by atoms with Crippen LogP contribution in [0.15, 0.2) is 0 Å². The largest absolute Gasteiger partial charge is 0.480 e. The summed E-state index contributed by atoms with van der Waals surface area (Å²) in [4.78, 5) is 51.1. The van der Waals surface area contributed by atoms with Crippen molar-refractivity contribution in [2.45, 2.75) is 18.9 Å². The molecule has 30 heavy (non-hydrogen) atoms. The predicted molar refractivity (Wildman–Crippen MR) is 107 cm³/mol. The summed E-state index contributed by atoms with van der Waals surface area (Å²) in [6.45, 7) is 2.69. The molecule has 0 radical (unpaired) electrons. The van der Waals surface area contributed by atoms with Crippen LogP contribution in [0.5, 0.6) is 0 Å². The number of aliphatic carboxylic acids is 3. The second kappa shape index (κ2) is 13.9. The molecule has 1 atom stereocenters. The number of carboxylic acid groups (broad SMARTS) is 3. The van der Waals surface area contributed by atoms with Gasteiger partial charge in [0.1, 0.15) is 6.04 Å². The highest BCUT2D eigenvalue weighted by molar-refractivity contribution is 5.78. The number of carbonyl (C=O) groups is 4. The molecule has 0 aliphatic carbocycles. The highest BCUT2D eigenvalue weighted by atomic mass is 16.4. The van der Waals surface area contributed by atoms with E-state index in [2.05, 4.69) is 10.6 Å². The Labute approximate surface area is 175 Å². The third kappa shape index (κ3) is 10.5. The van der Waals surface area contributed by atoms with Crippen molar-refractivity contribution >= 4 is 23.8 Å². The summed E-state index contributed by atoms with van der Waals surface area (Å²) in [6, 6.07) is -0.920. The minimum atomic E-state index is -1.06. The van der Waals surface area contributed by atoms with E-state index in [1.807, 2.05) is 0 Å². The van der Waals surface area contributed by atoms with Gasteiger partial charge in [0, 0.05) is 58.8 Å². The zero-order chi connectivity index (χ0) is 22.5. The van der Waals surface area contributed by atoms with Gasteiger partial charge in [-0.25, -0.2) is 0 Å². The Morgan fingerprint density at radius 3 is 1.77 bits per heavy atom. The lowest BCUT2D eigenvalue weighted by atomic mass is 10.1. The van der Waals surface area contributed by atoms with Crippen molar-refractivity contribution in [2.75, 3.05) is 72.5 Å². The van der Waals surface area contributed by atoms with Crippen LogP contribution in [0.3, 0.4) is 0 Å². The lowest BCUT2D eigenvalue weighted by molar-refractivity contribution is -0.144. The van der Waals surface area contributed by atoms with Crippen LogP contribution in [-0.2, 0) is 19.2 Å². The lowest BCUT2D eigenvalue weighted by Gasteiger charge is -2.30. The molecule has 0 aromatic heterocycles. The second-order valence-electron chi connectivity index (χ2n) is 7.22. The lowest BCUT2D eigenvalue weighted by Crippen LogP contribution is -2.47. The molecule has 172 valence electrons.